The van der Waals surface area contributed by atoms with Crippen LogP contribution in [0.4, 0.5) is 0 Å². The van der Waals surface area contributed by atoms with Crippen molar-refractivity contribution in [3.63, 3.8) is 0 Å². The second-order valence-electron chi connectivity index (χ2n) is 7.75. The highest BCUT2D eigenvalue weighted by atomic mass is 32.2. The topological polar surface area (TPSA) is 65.0 Å². The number of para-hydroxylation sites is 1. The first kappa shape index (κ1) is 23.2. The number of rotatable bonds is 10. The predicted octanol–water partition coefficient (Wildman–Crippen LogP) is 5.51. The van der Waals surface area contributed by atoms with Gasteiger partial charge in [-0.1, -0.05) is 54.6 Å². The number of ether oxygens (including phenoxy) is 3. The van der Waals surface area contributed by atoms with Crippen LogP contribution in [0.5, 0.6) is 11.5 Å². The fraction of sp³-hybridized carbons (Fsp3) is 0.296. The first-order chi connectivity index (χ1) is 16.2. The van der Waals surface area contributed by atoms with Gasteiger partial charge in [0, 0.05) is 24.3 Å². The maximum absolute atomic E-state index is 11.3. The summed E-state index contributed by atoms with van der Waals surface area (Å²) < 4.78 is 17.3. The normalized spacial score (nSPS) is 15.5. The van der Waals surface area contributed by atoms with E-state index in [-0.39, 0.29) is 5.25 Å². The summed E-state index contributed by atoms with van der Waals surface area (Å²) in [5.41, 5.74) is 4.61. The Bertz CT molecular complexity index is 1020. The standard InChI is InChI=1S/C27H28O5S/c1-2-30-25(27(28)29)17-19-11-13-21(14-12-19)31-15-16-33-26-22-8-4-3-7-20(22)18-32-24-10-6-5-9-23(24)26/h3-14,25-26H,2,15-18H2,1H3,(H,28,29). The molecule has 0 radical (unpaired) electrons. The molecule has 1 heterocycles. The van der Waals surface area contributed by atoms with E-state index in [0.717, 1.165) is 22.8 Å². The molecule has 0 fully saturated rings. The van der Waals surface area contributed by atoms with Gasteiger partial charge in [-0.25, -0.2) is 4.79 Å². The molecule has 0 spiro atoms. The van der Waals surface area contributed by atoms with Gasteiger partial charge in [0.2, 0.25) is 0 Å². The summed E-state index contributed by atoms with van der Waals surface area (Å²) in [7, 11) is 0. The number of carbonyl (C=O) groups is 1. The zero-order chi connectivity index (χ0) is 23.0. The Morgan fingerprint density at radius 3 is 2.55 bits per heavy atom. The molecule has 0 aromatic heterocycles. The molecule has 3 aromatic carbocycles. The molecule has 3 aromatic rings. The average molecular weight is 465 g/mol. The van der Waals surface area contributed by atoms with E-state index in [2.05, 4.69) is 36.4 Å². The third kappa shape index (κ3) is 5.89. The first-order valence-electron chi connectivity index (χ1n) is 11.1. The van der Waals surface area contributed by atoms with Crippen LogP contribution < -0.4 is 9.47 Å². The first-order valence-corrected chi connectivity index (χ1v) is 12.2. The molecule has 172 valence electrons. The SMILES string of the molecule is CCOC(Cc1ccc(OCCSC2c3ccccc3COc3ccccc32)cc1)C(=O)O. The van der Waals surface area contributed by atoms with Gasteiger partial charge in [0.05, 0.1) is 11.9 Å². The van der Waals surface area contributed by atoms with Crippen LogP contribution >= 0.6 is 11.8 Å². The highest BCUT2D eigenvalue weighted by molar-refractivity contribution is 7.99. The molecular weight excluding hydrogens is 436 g/mol. The Labute approximate surface area is 198 Å². The molecule has 2 atom stereocenters. The molecule has 33 heavy (non-hydrogen) atoms. The Morgan fingerprint density at radius 1 is 1.06 bits per heavy atom. The molecule has 0 saturated heterocycles. The number of fused-ring (bicyclic) bond motifs is 2. The summed E-state index contributed by atoms with van der Waals surface area (Å²) in [4.78, 5) is 11.3. The maximum atomic E-state index is 11.3. The predicted molar refractivity (Wildman–Crippen MR) is 130 cm³/mol. The van der Waals surface area contributed by atoms with Crippen LogP contribution in [0.3, 0.4) is 0 Å². The minimum Gasteiger partial charge on any atom is -0.493 e. The lowest BCUT2D eigenvalue weighted by molar-refractivity contribution is -0.149. The van der Waals surface area contributed by atoms with Crippen molar-refractivity contribution in [3.05, 3.63) is 95.1 Å². The summed E-state index contributed by atoms with van der Waals surface area (Å²) in [5, 5.41) is 9.44. The maximum Gasteiger partial charge on any atom is 0.333 e. The Balaban J connectivity index is 1.35. The van der Waals surface area contributed by atoms with Crippen molar-refractivity contribution in [1.29, 1.82) is 0 Å². The number of hydrogen-bond acceptors (Lipinski definition) is 5. The van der Waals surface area contributed by atoms with Crippen molar-refractivity contribution in [2.24, 2.45) is 0 Å². The van der Waals surface area contributed by atoms with Crippen LogP contribution in [0.15, 0.2) is 72.8 Å². The summed E-state index contributed by atoms with van der Waals surface area (Å²) in [5.74, 6) is 1.59. The molecule has 2 unspecified atom stereocenters. The zero-order valence-electron chi connectivity index (χ0n) is 18.6. The number of hydrogen-bond donors (Lipinski definition) is 1. The summed E-state index contributed by atoms with van der Waals surface area (Å²) in [6.07, 6.45) is -0.491. The number of benzene rings is 3. The molecule has 1 N–H and O–H groups in total. The Morgan fingerprint density at radius 2 is 1.79 bits per heavy atom. The van der Waals surface area contributed by atoms with E-state index in [1.54, 1.807) is 6.92 Å². The van der Waals surface area contributed by atoms with Crippen LogP contribution in [0.2, 0.25) is 0 Å². The molecule has 0 aliphatic carbocycles. The second-order valence-corrected chi connectivity index (χ2v) is 8.97. The fourth-order valence-electron chi connectivity index (χ4n) is 3.93. The zero-order valence-corrected chi connectivity index (χ0v) is 19.4. The molecule has 0 saturated carbocycles. The second kappa shape index (κ2) is 11.3. The lowest BCUT2D eigenvalue weighted by Gasteiger charge is -2.19. The molecule has 1 aliphatic rings. The molecule has 5 nitrogen and oxygen atoms in total. The quantitative estimate of drug-likeness (QED) is 0.399. The number of carboxylic acids is 1. The van der Waals surface area contributed by atoms with Crippen molar-refractivity contribution in [2.45, 2.75) is 31.3 Å². The molecule has 0 amide bonds. The molecule has 0 bridgehead atoms. The van der Waals surface area contributed by atoms with Gasteiger partial charge in [0.15, 0.2) is 6.10 Å². The lowest BCUT2D eigenvalue weighted by atomic mass is 10.0. The number of aliphatic carboxylic acids is 1. The van der Waals surface area contributed by atoms with E-state index in [9.17, 15) is 9.90 Å². The van der Waals surface area contributed by atoms with Gasteiger partial charge in [-0.05, 0) is 41.8 Å². The van der Waals surface area contributed by atoms with Gasteiger partial charge >= 0.3 is 5.97 Å². The Kier molecular flexibility index (Phi) is 7.92. The highest BCUT2D eigenvalue weighted by Gasteiger charge is 2.24. The van der Waals surface area contributed by atoms with E-state index >= 15 is 0 Å². The molecular formula is C27H28O5S. The van der Waals surface area contributed by atoms with Crippen molar-refractivity contribution < 1.29 is 24.1 Å². The number of thioether (sulfide) groups is 1. The van der Waals surface area contributed by atoms with Gasteiger partial charge in [0.25, 0.3) is 0 Å². The van der Waals surface area contributed by atoms with Crippen LogP contribution in [-0.4, -0.2) is 36.1 Å². The van der Waals surface area contributed by atoms with Gasteiger partial charge in [-0.15, -0.1) is 11.8 Å². The van der Waals surface area contributed by atoms with Gasteiger partial charge in [-0.2, -0.15) is 0 Å². The van der Waals surface area contributed by atoms with Crippen molar-refractivity contribution in [3.8, 4) is 11.5 Å². The van der Waals surface area contributed by atoms with Crippen LogP contribution in [0, 0.1) is 0 Å². The summed E-state index contributed by atoms with van der Waals surface area (Å²) >= 11 is 1.85. The fourth-order valence-corrected chi connectivity index (χ4v) is 5.13. The summed E-state index contributed by atoms with van der Waals surface area (Å²) in [6.45, 7) is 3.32. The van der Waals surface area contributed by atoms with Gasteiger partial charge in [0.1, 0.15) is 18.1 Å². The van der Waals surface area contributed by atoms with Crippen LogP contribution in [0.25, 0.3) is 0 Å². The molecule has 6 heteroatoms. The van der Waals surface area contributed by atoms with E-state index in [0.29, 0.717) is 26.2 Å². The lowest BCUT2D eigenvalue weighted by Crippen LogP contribution is -2.26. The third-order valence-corrected chi connectivity index (χ3v) is 6.79. The monoisotopic (exact) mass is 464 g/mol. The van der Waals surface area contributed by atoms with Crippen molar-refractivity contribution in [2.75, 3.05) is 19.0 Å². The van der Waals surface area contributed by atoms with Crippen molar-refractivity contribution in [1.82, 2.24) is 0 Å². The smallest absolute Gasteiger partial charge is 0.333 e. The Hall–Kier alpha value is -2.96. The van der Waals surface area contributed by atoms with E-state index in [1.807, 2.05) is 48.2 Å². The van der Waals surface area contributed by atoms with E-state index in [4.69, 9.17) is 14.2 Å². The van der Waals surface area contributed by atoms with Crippen molar-refractivity contribution >= 4 is 17.7 Å². The highest BCUT2D eigenvalue weighted by Crippen LogP contribution is 2.43. The summed E-state index contributed by atoms with van der Waals surface area (Å²) in [6, 6.07) is 24.3. The van der Waals surface area contributed by atoms with Gasteiger partial charge in [-0.3, -0.25) is 0 Å². The minimum absolute atomic E-state index is 0.192. The van der Waals surface area contributed by atoms with Gasteiger partial charge < -0.3 is 19.3 Å². The molecule has 1 aliphatic heterocycles. The molecule has 4 rings (SSSR count). The minimum atomic E-state index is -0.943. The van der Waals surface area contributed by atoms with E-state index in [1.165, 1.54) is 16.7 Å². The van der Waals surface area contributed by atoms with Crippen LogP contribution in [0.1, 0.15) is 34.4 Å². The average Bonchev–Trinajstić information content (AvgIpc) is 2.99. The third-order valence-electron chi connectivity index (χ3n) is 5.55. The van der Waals surface area contributed by atoms with E-state index < -0.39 is 12.1 Å². The number of carboxylic acid groups (broad SMARTS) is 1. The van der Waals surface area contributed by atoms with Crippen LogP contribution in [-0.2, 0) is 22.6 Å². The largest absolute Gasteiger partial charge is 0.493 e.